The van der Waals surface area contributed by atoms with Crippen molar-refractivity contribution in [2.45, 2.75) is 31.3 Å². The van der Waals surface area contributed by atoms with Crippen molar-refractivity contribution in [3.8, 4) is 5.75 Å². The van der Waals surface area contributed by atoms with E-state index in [2.05, 4.69) is 15.0 Å². The van der Waals surface area contributed by atoms with Crippen LogP contribution in [0.2, 0.25) is 5.02 Å². The van der Waals surface area contributed by atoms with Crippen LogP contribution in [0.1, 0.15) is 19.4 Å². The van der Waals surface area contributed by atoms with Gasteiger partial charge in [0.05, 0.1) is 22.6 Å². The van der Waals surface area contributed by atoms with Gasteiger partial charge < -0.3 is 10.1 Å². The first kappa shape index (κ1) is 20.2. The fourth-order valence-electron chi connectivity index (χ4n) is 2.12. The Balaban J connectivity index is 2.01. The summed E-state index contributed by atoms with van der Waals surface area (Å²) in [6.45, 7) is 3.96. The minimum atomic E-state index is -3.90. The highest BCUT2D eigenvalue weighted by molar-refractivity contribution is 7.89. The quantitative estimate of drug-likeness (QED) is 0.711. The average molecular weight is 398 g/mol. The van der Waals surface area contributed by atoms with Crippen LogP contribution < -0.4 is 14.8 Å². The third-order valence-corrected chi connectivity index (χ3v) is 5.29. The highest BCUT2D eigenvalue weighted by Gasteiger charge is 2.22. The molecule has 0 bridgehead atoms. The first-order chi connectivity index (χ1) is 12.3. The lowest BCUT2D eigenvalue weighted by Crippen LogP contribution is -2.44. The zero-order valence-electron chi connectivity index (χ0n) is 14.4. The van der Waals surface area contributed by atoms with Gasteiger partial charge in [-0.15, -0.1) is 0 Å². The summed E-state index contributed by atoms with van der Waals surface area (Å²) in [5.74, 6) is -0.0429. The lowest BCUT2D eigenvalue weighted by atomic mass is 10.2. The summed E-state index contributed by atoms with van der Waals surface area (Å²) in [7, 11) is -3.90. The molecule has 0 saturated heterocycles. The molecule has 1 amide bonds. The van der Waals surface area contributed by atoms with E-state index < -0.39 is 22.0 Å². The Labute approximate surface area is 157 Å². The largest absolute Gasteiger partial charge is 0.492 e. The van der Waals surface area contributed by atoms with Gasteiger partial charge in [-0.25, -0.2) is 8.42 Å². The van der Waals surface area contributed by atoms with Crippen molar-refractivity contribution in [1.82, 2.24) is 15.0 Å². The summed E-state index contributed by atoms with van der Waals surface area (Å²) in [5.41, 5.74) is 0.863. The zero-order valence-corrected chi connectivity index (χ0v) is 16.0. The number of carbonyl (C=O) groups excluding carboxylic acids is 1. The fourth-order valence-corrected chi connectivity index (χ4v) is 3.65. The maximum atomic E-state index is 12.4. The number of nitrogens with zero attached hydrogens (tertiary/aromatic N) is 1. The van der Waals surface area contributed by atoms with Gasteiger partial charge in [0.15, 0.2) is 0 Å². The van der Waals surface area contributed by atoms with Gasteiger partial charge in [-0.05, 0) is 49.7 Å². The van der Waals surface area contributed by atoms with Gasteiger partial charge in [0, 0.05) is 18.9 Å². The molecule has 1 aromatic heterocycles. The van der Waals surface area contributed by atoms with Crippen LogP contribution in [0.15, 0.2) is 47.6 Å². The Morgan fingerprint density at radius 3 is 2.58 bits per heavy atom. The first-order valence-corrected chi connectivity index (χ1v) is 9.81. The average Bonchev–Trinajstić information content (AvgIpc) is 2.62. The van der Waals surface area contributed by atoms with E-state index in [1.807, 2.05) is 0 Å². The van der Waals surface area contributed by atoms with Crippen molar-refractivity contribution < 1.29 is 17.9 Å². The molecule has 0 saturated carbocycles. The molecule has 1 aromatic carbocycles. The van der Waals surface area contributed by atoms with Crippen LogP contribution in [0.4, 0.5) is 0 Å². The van der Waals surface area contributed by atoms with Crippen molar-refractivity contribution in [3.05, 3.63) is 53.3 Å². The molecule has 1 atom stereocenters. The monoisotopic (exact) mass is 397 g/mol. The molecule has 9 heteroatoms. The number of sulfonamides is 1. The number of ether oxygens (including phenoxy) is 1. The molecule has 0 aliphatic heterocycles. The molecule has 0 aliphatic carbocycles. The number of hydrogen-bond donors (Lipinski definition) is 2. The number of rotatable bonds is 8. The maximum absolute atomic E-state index is 12.4. The summed E-state index contributed by atoms with van der Waals surface area (Å²) in [5, 5.41) is 2.86. The molecule has 2 N–H and O–H groups in total. The third-order valence-electron chi connectivity index (χ3n) is 3.45. The lowest BCUT2D eigenvalue weighted by molar-refractivity contribution is -0.122. The highest BCUT2D eigenvalue weighted by Crippen LogP contribution is 2.27. The Hall–Kier alpha value is -2.16. The third kappa shape index (κ3) is 5.42. The molecule has 0 aliphatic rings. The van der Waals surface area contributed by atoms with Crippen molar-refractivity contribution in [2.75, 3.05) is 6.61 Å². The number of pyridine rings is 1. The van der Waals surface area contributed by atoms with Gasteiger partial charge in [-0.2, -0.15) is 4.72 Å². The first-order valence-electron chi connectivity index (χ1n) is 7.94. The summed E-state index contributed by atoms with van der Waals surface area (Å²) < 4.78 is 32.5. The second-order valence-corrected chi connectivity index (χ2v) is 7.56. The zero-order chi connectivity index (χ0) is 19.2. The van der Waals surface area contributed by atoms with Crippen LogP contribution in [0.3, 0.4) is 0 Å². The predicted octanol–water partition coefficient (Wildman–Crippen LogP) is 2.12. The van der Waals surface area contributed by atoms with Gasteiger partial charge in [0.2, 0.25) is 15.9 Å². The van der Waals surface area contributed by atoms with Crippen molar-refractivity contribution in [1.29, 1.82) is 0 Å². The number of halogens is 1. The van der Waals surface area contributed by atoms with E-state index in [9.17, 15) is 13.2 Å². The highest BCUT2D eigenvalue weighted by atomic mass is 35.5. The smallest absolute Gasteiger partial charge is 0.241 e. The molecular weight excluding hydrogens is 378 g/mol. The summed E-state index contributed by atoms with van der Waals surface area (Å²) in [6.07, 6.45) is 3.23. The normalized spacial score (nSPS) is 12.4. The molecule has 2 aromatic rings. The Morgan fingerprint density at radius 1 is 1.27 bits per heavy atom. The van der Waals surface area contributed by atoms with E-state index in [1.54, 1.807) is 31.5 Å². The molecule has 26 heavy (non-hydrogen) atoms. The Kier molecular flexibility index (Phi) is 6.96. The van der Waals surface area contributed by atoms with Crippen molar-refractivity contribution >= 4 is 27.5 Å². The molecule has 2 rings (SSSR count). The van der Waals surface area contributed by atoms with E-state index in [4.69, 9.17) is 16.3 Å². The van der Waals surface area contributed by atoms with Gasteiger partial charge >= 0.3 is 0 Å². The predicted molar refractivity (Wildman–Crippen MR) is 98.5 cm³/mol. The molecule has 1 heterocycles. The maximum Gasteiger partial charge on any atom is 0.241 e. The number of nitrogens with one attached hydrogen (secondary N) is 2. The van der Waals surface area contributed by atoms with E-state index in [0.29, 0.717) is 12.4 Å². The topological polar surface area (TPSA) is 97.4 Å². The second kappa shape index (κ2) is 8.98. The number of benzene rings is 1. The van der Waals surface area contributed by atoms with Crippen LogP contribution in [0.25, 0.3) is 0 Å². The minimum absolute atomic E-state index is 0.0419. The van der Waals surface area contributed by atoms with E-state index in [-0.39, 0.29) is 16.5 Å². The molecule has 7 nitrogen and oxygen atoms in total. The Morgan fingerprint density at radius 2 is 1.96 bits per heavy atom. The summed E-state index contributed by atoms with van der Waals surface area (Å²) >= 11 is 6.03. The fraction of sp³-hybridized carbons (Fsp3) is 0.294. The molecule has 0 spiro atoms. The van der Waals surface area contributed by atoms with E-state index >= 15 is 0 Å². The number of amides is 1. The molecule has 0 radical (unpaired) electrons. The molecule has 0 unspecified atom stereocenters. The number of hydrogen-bond acceptors (Lipinski definition) is 5. The van der Waals surface area contributed by atoms with Crippen LogP contribution >= 0.6 is 11.6 Å². The SMILES string of the molecule is CCOc1ccc(S(=O)(=O)N[C@@H](C)C(=O)NCc2ccncc2)cc1Cl. The van der Waals surface area contributed by atoms with Gasteiger partial charge in [0.1, 0.15) is 5.75 Å². The van der Waals surface area contributed by atoms with E-state index in [0.717, 1.165) is 5.56 Å². The standard InChI is InChI=1S/C17H20ClN3O4S/c1-3-25-16-5-4-14(10-15(16)18)26(23,24)21-12(2)17(22)20-11-13-6-8-19-9-7-13/h4-10,12,21H,3,11H2,1-2H3,(H,20,22)/t12-/m0/s1. The van der Waals surface area contributed by atoms with Crippen molar-refractivity contribution in [3.63, 3.8) is 0 Å². The van der Waals surface area contributed by atoms with E-state index in [1.165, 1.54) is 25.1 Å². The summed E-state index contributed by atoms with van der Waals surface area (Å²) in [4.78, 5) is 16.0. The number of carbonyl (C=O) groups is 1. The Bertz CT molecular complexity index is 860. The molecular formula is C17H20ClN3O4S. The van der Waals surface area contributed by atoms with Gasteiger partial charge in [0.25, 0.3) is 0 Å². The molecule has 140 valence electrons. The molecule has 0 fully saturated rings. The summed E-state index contributed by atoms with van der Waals surface area (Å²) in [6, 6.07) is 6.71. The van der Waals surface area contributed by atoms with Gasteiger partial charge in [-0.1, -0.05) is 11.6 Å². The lowest BCUT2D eigenvalue weighted by Gasteiger charge is -2.15. The van der Waals surface area contributed by atoms with Crippen molar-refractivity contribution in [2.24, 2.45) is 0 Å². The second-order valence-electron chi connectivity index (χ2n) is 5.44. The van der Waals surface area contributed by atoms with Crippen LogP contribution in [-0.2, 0) is 21.4 Å². The van der Waals surface area contributed by atoms with Crippen LogP contribution in [0.5, 0.6) is 5.75 Å². The minimum Gasteiger partial charge on any atom is -0.492 e. The number of aromatic nitrogens is 1. The van der Waals surface area contributed by atoms with Crippen LogP contribution in [-0.4, -0.2) is 32.0 Å². The van der Waals surface area contributed by atoms with Crippen LogP contribution in [0, 0.1) is 0 Å². The van der Waals surface area contributed by atoms with Gasteiger partial charge in [-0.3, -0.25) is 9.78 Å².